The van der Waals surface area contributed by atoms with Crippen LogP contribution in [0.4, 0.5) is 0 Å². The summed E-state index contributed by atoms with van der Waals surface area (Å²) < 4.78 is 0. The Bertz CT molecular complexity index is 196. The van der Waals surface area contributed by atoms with Gasteiger partial charge in [-0.15, -0.1) is 11.6 Å². The molecule has 0 saturated heterocycles. The Hall–Kier alpha value is -0.240. The van der Waals surface area contributed by atoms with Gasteiger partial charge in [-0.1, -0.05) is 33.1 Å². The highest BCUT2D eigenvalue weighted by molar-refractivity contribution is 6.17. The Morgan fingerprint density at radius 2 is 1.94 bits per heavy atom. The number of rotatable bonds is 9. The summed E-state index contributed by atoms with van der Waals surface area (Å²) in [4.78, 5) is 11.7. The third kappa shape index (κ3) is 7.10. The zero-order valence-corrected chi connectivity index (χ0v) is 11.7. The minimum Gasteiger partial charge on any atom is -0.351 e. The molecule has 1 N–H and O–H groups in total. The molecule has 96 valence electrons. The van der Waals surface area contributed by atoms with Gasteiger partial charge in [0.1, 0.15) is 0 Å². The van der Waals surface area contributed by atoms with E-state index in [1.165, 1.54) is 12.8 Å². The van der Waals surface area contributed by atoms with Crippen LogP contribution in [0.25, 0.3) is 0 Å². The highest BCUT2D eigenvalue weighted by atomic mass is 35.5. The van der Waals surface area contributed by atoms with Crippen molar-refractivity contribution in [3.05, 3.63) is 0 Å². The predicted octanol–water partition coefficient (Wildman–Crippen LogP) is 3.87. The second kappa shape index (κ2) is 8.86. The topological polar surface area (TPSA) is 29.1 Å². The van der Waals surface area contributed by atoms with Crippen LogP contribution in [0, 0.1) is 0 Å². The van der Waals surface area contributed by atoms with E-state index in [4.69, 9.17) is 11.6 Å². The Kier molecular flexibility index (Phi) is 8.73. The van der Waals surface area contributed by atoms with Crippen LogP contribution in [0.5, 0.6) is 0 Å². The zero-order valence-electron chi connectivity index (χ0n) is 10.9. The minimum atomic E-state index is -0.121. The molecule has 0 saturated carbocycles. The van der Waals surface area contributed by atoms with Gasteiger partial charge in [0.2, 0.25) is 5.91 Å². The van der Waals surface area contributed by atoms with Crippen molar-refractivity contribution in [2.75, 3.05) is 5.88 Å². The standard InChI is InChI=1S/C13H26ClNO/c1-4-6-7-8-9-12(16)15-13(3,5-2)10-11-14/h4-11H2,1-3H3,(H,15,16). The van der Waals surface area contributed by atoms with Crippen molar-refractivity contribution >= 4 is 17.5 Å². The highest BCUT2D eigenvalue weighted by Gasteiger charge is 2.22. The third-order valence-corrected chi connectivity index (χ3v) is 3.31. The Balaban J connectivity index is 3.82. The van der Waals surface area contributed by atoms with Crippen LogP contribution in [-0.4, -0.2) is 17.3 Å². The third-order valence-electron chi connectivity index (χ3n) is 3.13. The summed E-state index contributed by atoms with van der Waals surface area (Å²) in [6.07, 6.45) is 7.01. The SMILES string of the molecule is CCCCCCC(=O)NC(C)(CC)CCCl. The first-order valence-corrected chi connectivity index (χ1v) is 6.98. The van der Waals surface area contributed by atoms with Gasteiger partial charge in [-0.2, -0.15) is 0 Å². The molecule has 2 nitrogen and oxygen atoms in total. The van der Waals surface area contributed by atoms with Gasteiger partial charge in [0.25, 0.3) is 0 Å². The molecule has 0 aliphatic rings. The predicted molar refractivity (Wildman–Crippen MR) is 70.9 cm³/mol. The van der Waals surface area contributed by atoms with Crippen molar-refractivity contribution in [3.63, 3.8) is 0 Å². The van der Waals surface area contributed by atoms with Crippen LogP contribution in [0.2, 0.25) is 0 Å². The smallest absolute Gasteiger partial charge is 0.220 e. The largest absolute Gasteiger partial charge is 0.351 e. The molecule has 1 unspecified atom stereocenters. The molecule has 0 spiro atoms. The maximum absolute atomic E-state index is 11.7. The number of hydrogen-bond donors (Lipinski definition) is 1. The lowest BCUT2D eigenvalue weighted by molar-refractivity contribution is -0.123. The van der Waals surface area contributed by atoms with E-state index in [0.717, 1.165) is 25.7 Å². The molecule has 0 aromatic heterocycles. The molecule has 3 heteroatoms. The first kappa shape index (κ1) is 15.8. The summed E-state index contributed by atoms with van der Waals surface area (Å²) in [6, 6.07) is 0. The fourth-order valence-electron chi connectivity index (χ4n) is 1.65. The number of carbonyl (C=O) groups excluding carboxylic acids is 1. The van der Waals surface area contributed by atoms with Crippen molar-refractivity contribution in [1.29, 1.82) is 0 Å². The summed E-state index contributed by atoms with van der Waals surface area (Å²) in [7, 11) is 0. The summed E-state index contributed by atoms with van der Waals surface area (Å²) in [5.74, 6) is 0.769. The first-order chi connectivity index (χ1) is 7.58. The Labute approximate surface area is 105 Å². The van der Waals surface area contributed by atoms with E-state index >= 15 is 0 Å². The van der Waals surface area contributed by atoms with Crippen LogP contribution < -0.4 is 5.32 Å². The van der Waals surface area contributed by atoms with Crippen molar-refractivity contribution in [2.24, 2.45) is 0 Å². The van der Waals surface area contributed by atoms with Crippen LogP contribution >= 0.6 is 11.6 Å². The molecule has 0 aromatic rings. The molecular formula is C13H26ClNO. The molecule has 1 amide bonds. The van der Waals surface area contributed by atoms with Gasteiger partial charge >= 0.3 is 0 Å². The zero-order chi connectivity index (χ0) is 12.4. The van der Waals surface area contributed by atoms with E-state index in [1.54, 1.807) is 0 Å². The highest BCUT2D eigenvalue weighted by Crippen LogP contribution is 2.15. The molecule has 0 heterocycles. The maximum atomic E-state index is 11.7. The normalized spacial score (nSPS) is 14.5. The summed E-state index contributed by atoms with van der Waals surface area (Å²) in [5, 5.41) is 3.10. The Morgan fingerprint density at radius 3 is 2.44 bits per heavy atom. The lowest BCUT2D eigenvalue weighted by atomic mass is 9.95. The van der Waals surface area contributed by atoms with Gasteiger partial charge in [-0.3, -0.25) is 4.79 Å². The number of unbranched alkanes of at least 4 members (excludes halogenated alkanes) is 3. The molecule has 1 atom stereocenters. The second-order valence-electron chi connectivity index (χ2n) is 4.71. The van der Waals surface area contributed by atoms with E-state index in [-0.39, 0.29) is 11.4 Å². The first-order valence-electron chi connectivity index (χ1n) is 6.45. The van der Waals surface area contributed by atoms with E-state index < -0.39 is 0 Å². The monoisotopic (exact) mass is 247 g/mol. The van der Waals surface area contributed by atoms with Gasteiger partial charge in [0.05, 0.1) is 0 Å². The van der Waals surface area contributed by atoms with Crippen molar-refractivity contribution in [1.82, 2.24) is 5.32 Å². The van der Waals surface area contributed by atoms with Gasteiger partial charge < -0.3 is 5.32 Å². The van der Waals surface area contributed by atoms with Crippen LogP contribution in [0.3, 0.4) is 0 Å². The quantitative estimate of drug-likeness (QED) is 0.486. The van der Waals surface area contributed by atoms with Crippen LogP contribution in [0.15, 0.2) is 0 Å². The second-order valence-corrected chi connectivity index (χ2v) is 5.09. The number of halogens is 1. The fourth-order valence-corrected chi connectivity index (χ4v) is 2.06. The molecule has 0 radical (unpaired) electrons. The fraction of sp³-hybridized carbons (Fsp3) is 0.923. The van der Waals surface area contributed by atoms with Crippen molar-refractivity contribution < 1.29 is 4.79 Å². The number of amides is 1. The summed E-state index contributed by atoms with van der Waals surface area (Å²) in [6.45, 7) is 6.33. The molecule has 0 aromatic carbocycles. The number of carbonyl (C=O) groups is 1. The van der Waals surface area contributed by atoms with Gasteiger partial charge in [0, 0.05) is 17.8 Å². The molecular weight excluding hydrogens is 222 g/mol. The molecule has 0 aliphatic carbocycles. The summed E-state index contributed by atoms with van der Waals surface area (Å²) >= 11 is 5.74. The molecule has 0 fully saturated rings. The van der Waals surface area contributed by atoms with Crippen molar-refractivity contribution in [2.45, 2.75) is 71.3 Å². The van der Waals surface area contributed by atoms with Gasteiger partial charge in [-0.25, -0.2) is 0 Å². The van der Waals surface area contributed by atoms with E-state index in [2.05, 4.69) is 26.1 Å². The molecule has 0 rings (SSSR count). The number of alkyl halides is 1. The van der Waals surface area contributed by atoms with E-state index in [9.17, 15) is 4.79 Å². The molecule has 0 aliphatic heterocycles. The lowest BCUT2D eigenvalue weighted by Gasteiger charge is -2.29. The van der Waals surface area contributed by atoms with E-state index in [1.807, 2.05) is 0 Å². The number of hydrogen-bond acceptors (Lipinski definition) is 1. The average Bonchev–Trinajstić information content (AvgIpc) is 2.25. The summed E-state index contributed by atoms with van der Waals surface area (Å²) in [5.41, 5.74) is -0.121. The number of nitrogens with one attached hydrogen (secondary N) is 1. The minimum absolute atomic E-state index is 0.121. The molecule has 0 bridgehead atoms. The van der Waals surface area contributed by atoms with Crippen LogP contribution in [-0.2, 0) is 4.79 Å². The lowest BCUT2D eigenvalue weighted by Crippen LogP contribution is -2.45. The average molecular weight is 248 g/mol. The van der Waals surface area contributed by atoms with Crippen LogP contribution in [0.1, 0.15) is 65.7 Å². The van der Waals surface area contributed by atoms with E-state index in [0.29, 0.717) is 12.3 Å². The van der Waals surface area contributed by atoms with Crippen molar-refractivity contribution in [3.8, 4) is 0 Å². The van der Waals surface area contributed by atoms with Gasteiger partial charge in [-0.05, 0) is 26.2 Å². The Morgan fingerprint density at radius 1 is 1.25 bits per heavy atom. The molecule has 16 heavy (non-hydrogen) atoms. The van der Waals surface area contributed by atoms with Gasteiger partial charge in [0.15, 0.2) is 0 Å². The maximum Gasteiger partial charge on any atom is 0.220 e.